The van der Waals surface area contributed by atoms with E-state index in [4.69, 9.17) is 14.2 Å². The van der Waals surface area contributed by atoms with Crippen molar-refractivity contribution >= 4 is 11.9 Å². The standard InChI is InChI=1S/C18H22O10/c1-25-17(24)16-14(22)13(21)15(23)18(28-16)27-11-6-8(4-9(19)7-11)5-10-2-3-12(20)26-10/h4,6-7,10,13-16,18-19,21-23H,2-3,5H2,1H3/t10?,13-,14-,15+,16-,18?/m0/s1. The summed E-state index contributed by atoms with van der Waals surface area (Å²) < 4.78 is 20.4. The molecule has 4 N–H and O–H groups in total. The van der Waals surface area contributed by atoms with Crippen LogP contribution in [0, 0.1) is 0 Å². The van der Waals surface area contributed by atoms with Crippen LogP contribution >= 0.6 is 0 Å². The molecule has 6 atom stereocenters. The van der Waals surface area contributed by atoms with E-state index >= 15 is 0 Å². The molecule has 3 rings (SSSR count). The fraction of sp³-hybridized carbons (Fsp3) is 0.556. The van der Waals surface area contributed by atoms with Crippen LogP contribution in [-0.2, 0) is 30.2 Å². The van der Waals surface area contributed by atoms with Gasteiger partial charge in [0.25, 0.3) is 0 Å². The number of methoxy groups -OCH3 is 1. The molecule has 2 aliphatic rings. The molecule has 10 nitrogen and oxygen atoms in total. The highest BCUT2D eigenvalue weighted by atomic mass is 16.7. The Balaban J connectivity index is 1.74. The van der Waals surface area contributed by atoms with Gasteiger partial charge in [-0.3, -0.25) is 4.79 Å². The zero-order valence-corrected chi connectivity index (χ0v) is 15.1. The molecule has 2 aliphatic heterocycles. The molecule has 2 unspecified atom stereocenters. The van der Waals surface area contributed by atoms with Gasteiger partial charge in [-0.2, -0.15) is 0 Å². The maximum absolute atomic E-state index is 11.7. The number of phenols is 1. The van der Waals surface area contributed by atoms with Gasteiger partial charge in [0.2, 0.25) is 6.29 Å². The summed E-state index contributed by atoms with van der Waals surface area (Å²) in [5.41, 5.74) is 0.616. The number of ether oxygens (including phenoxy) is 4. The largest absolute Gasteiger partial charge is 0.508 e. The maximum atomic E-state index is 11.7. The summed E-state index contributed by atoms with van der Waals surface area (Å²) in [6.07, 6.45) is -7.15. The molecular weight excluding hydrogens is 376 g/mol. The number of hydrogen-bond acceptors (Lipinski definition) is 10. The molecular formula is C18H22O10. The number of esters is 2. The number of aromatic hydroxyl groups is 1. The van der Waals surface area contributed by atoms with Gasteiger partial charge in [0.05, 0.1) is 7.11 Å². The molecule has 2 saturated heterocycles. The second-order valence-corrected chi connectivity index (χ2v) is 6.73. The average molecular weight is 398 g/mol. The predicted octanol–water partition coefficient (Wildman–Crippen LogP) is -1.00. The zero-order chi connectivity index (χ0) is 20.4. The van der Waals surface area contributed by atoms with Crippen LogP contribution in [0.15, 0.2) is 18.2 Å². The molecule has 0 amide bonds. The van der Waals surface area contributed by atoms with E-state index in [1.54, 1.807) is 6.07 Å². The fourth-order valence-corrected chi connectivity index (χ4v) is 3.21. The van der Waals surface area contributed by atoms with Gasteiger partial charge in [0, 0.05) is 18.9 Å². The molecule has 0 radical (unpaired) electrons. The van der Waals surface area contributed by atoms with Crippen molar-refractivity contribution in [2.75, 3.05) is 7.11 Å². The van der Waals surface area contributed by atoms with Crippen LogP contribution < -0.4 is 4.74 Å². The summed E-state index contributed by atoms with van der Waals surface area (Å²) in [6.45, 7) is 0. The third-order valence-electron chi connectivity index (χ3n) is 4.64. The Morgan fingerprint density at radius 3 is 2.57 bits per heavy atom. The van der Waals surface area contributed by atoms with E-state index in [0.29, 0.717) is 24.8 Å². The van der Waals surface area contributed by atoms with E-state index in [-0.39, 0.29) is 23.6 Å². The smallest absolute Gasteiger partial charge is 0.337 e. The van der Waals surface area contributed by atoms with E-state index in [9.17, 15) is 30.0 Å². The lowest BCUT2D eigenvalue weighted by atomic mass is 9.99. The van der Waals surface area contributed by atoms with Crippen molar-refractivity contribution in [3.63, 3.8) is 0 Å². The normalized spacial score (nSPS) is 32.6. The molecule has 0 spiro atoms. The number of phenolic OH excluding ortho intramolecular Hbond substituents is 1. The van der Waals surface area contributed by atoms with Crippen molar-refractivity contribution < 1.29 is 49.0 Å². The first-order valence-electron chi connectivity index (χ1n) is 8.75. The molecule has 0 aliphatic carbocycles. The number of benzene rings is 1. The van der Waals surface area contributed by atoms with Gasteiger partial charge >= 0.3 is 11.9 Å². The molecule has 0 aromatic heterocycles. The summed E-state index contributed by atoms with van der Waals surface area (Å²) >= 11 is 0. The van der Waals surface area contributed by atoms with E-state index in [0.717, 1.165) is 7.11 Å². The Morgan fingerprint density at radius 1 is 1.18 bits per heavy atom. The van der Waals surface area contributed by atoms with Crippen LogP contribution in [-0.4, -0.2) is 76.3 Å². The molecule has 0 bridgehead atoms. The van der Waals surface area contributed by atoms with Crippen LogP contribution in [0.25, 0.3) is 0 Å². The molecule has 154 valence electrons. The summed E-state index contributed by atoms with van der Waals surface area (Å²) in [6, 6.07) is 4.28. The van der Waals surface area contributed by atoms with Crippen LogP contribution in [0.1, 0.15) is 18.4 Å². The number of cyclic esters (lactones) is 1. The lowest BCUT2D eigenvalue weighted by Crippen LogP contribution is -2.61. The zero-order valence-electron chi connectivity index (χ0n) is 15.1. The predicted molar refractivity (Wildman–Crippen MR) is 90.3 cm³/mol. The highest BCUT2D eigenvalue weighted by Crippen LogP contribution is 2.29. The maximum Gasteiger partial charge on any atom is 0.337 e. The van der Waals surface area contributed by atoms with Crippen LogP contribution in [0.3, 0.4) is 0 Å². The van der Waals surface area contributed by atoms with Crippen LogP contribution in [0.2, 0.25) is 0 Å². The number of carbonyl (C=O) groups excluding carboxylic acids is 2. The first kappa shape index (κ1) is 20.3. The van der Waals surface area contributed by atoms with Gasteiger partial charge in [0.15, 0.2) is 6.10 Å². The van der Waals surface area contributed by atoms with Crippen molar-refractivity contribution in [1.29, 1.82) is 0 Å². The Kier molecular flexibility index (Phi) is 6.04. The number of aliphatic hydroxyl groups excluding tert-OH is 3. The molecule has 1 aromatic rings. The minimum Gasteiger partial charge on any atom is -0.508 e. The minimum atomic E-state index is -1.71. The van der Waals surface area contributed by atoms with E-state index in [2.05, 4.69) is 4.74 Å². The van der Waals surface area contributed by atoms with E-state index < -0.39 is 36.7 Å². The van der Waals surface area contributed by atoms with Crippen LogP contribution in [0.4, 0.5) is 0 Å². The SMILES string of the molecule is COC(=O)[C@H]1OC(Oc2cc(O)cc(CC3CCC(=O)O3)c2)[C@H](O)[C@@H](O)[C@@H]1O. The van der Waals surface area contributed by atoms with Gasteiger partial charge in [-0.05, 0) is 24.1 Å². The third-order valence-corrected chi connectivity index (χ3v) is 4.64. The Hall–Kier alpha value is -2.40. The van der Waals surface area contributed by atoms with Crippen molar-refractivity contribution in [1.82, 2.24) is 0 Å². The lowest BCUT2D eigenvalue weighted by Gasteiger charge is -2.38. The Bertz CT molecular complexity index is 735. The van der Waals surface area contributed by atoms with Gasteiger partial charge in [-0.25, -0.2) is 4.79 Å². The Morgan fingerprint density at radius 2 is 1.93 bits per heavy atom. The van der Waals surface area contributed by atoms with Gasteiger partial charge in [-0.15, -0.1) is 0 Å². The number of rotatable bonds is 5. The fourth-order valence-electron chi connectivity index (χ4n) is 3.21. The van der Waals surface area contributed by atoms with Gasteiger partial charge in [0.1, 0.15) is 35.9 Å². The minimum absolute atomic E-state index is 0.0931. The summed E-state index contributed by atoms with van der Waals surface area (Å²) in [4.78, 5) is 22.9. The lowest BCUT2D eigenvalue weighted by molar-refractivity contribution is -0.271. The summed E-state index contributed by atoms with van der Waals surface area (Å²) in [5.74, 6) is -1.25. The third kappa shape index (κ3) is 4.36. The van der Waals surface area contributed by atoms with Crippen molar-refractivity contribution in [3.8, 4) is 11.5 Å². The molecule has 2 heterocycles. The second-order valence-electron chi connectivity index (χ2n) is 6.73. The molecule has 28 heavy (non-hydrogen) atoms. The Labute approximate surface area is 160 Å². The van der Waals surface area contributed by atoms with E-state index in [1.165, 1.54) is 12.1 Å². The van der Waals surface area contributed by atoms with Crippen molar-refractivity contribution in [2.45, 2.75) is 56.1 Å². The molecule has 10 heteroatoms. The number of hydrogen-bond donors (Lipinski definition) is 4. The van der Waals surface area contributed by atoms with Crippen LogP contribution in [0.5, 0.6) is 11.5 Å². The van der Waals surface area contributed by atoms with Crippen molar-refractivity contribution in [2.24, 2.45) is 0 Å². The molecule has 1 aromatic carbocycles. The monoisotopic (exact) mass is 398 g/mol. The number of carbonyl (C=O) groups is 2. The van der Waals surface area contributed by atoms with Gasteiger partial charge in [-0.1, -0.05) is 0 Å². The first-order chi connectivity index (χ1) is 13.3. The number of aliphatic hydroxyl groups is 3. The highest BCUT2D eigenvalue weighted by molar-refractivity contribution is 5.75. The molecule has 2 fully saturated rings. The van der Waals surface area contributed by atoms with E-state index in [1.807, 2.05) is 0 Å². The first-order valence-corrected chi connectivity index (χ1v) is 8.75. The van der Waals surface area contributed by atoms with Gasteiger partial charge < -0.3 is 39.4 Å². The second kappa shape index (κ2) is 8.31. The average Bonchev–Trinajstić information content (AvgIpc) is 3.05. The molecule has 0 saturated carbocycles. The topological polar surface area (TPSA) is 152 Å². The van der Waals surface area contributed by atoms with Crippen molar-refractivity contribution in [3.05, 3.63) is 23.8 Å². The summed E-state index contributed by atoms with van der Waals surface area (Å²) in [5, 5.41) is 39.9. The highest BCUT2D eigenvalue weighted by Gasteiger charge is 2.48. The quantitative estimate of drug-likeness (QED) is 0.454. The summed E-state index contributed by atoms with van der Waals surface area (Å²) in [7, 11) is 1.09.